The number of phenolic OH excluding ortho intramolecular Hbond substituents is 1. The summed E-state index contributed by atoms with van der Waals surface area (Å²) in [5, 5.41) is 11.6. The van der Waals surface area contributed by atoms with Crippen molar-refractivity contribution in [2.24, 2.45) is 0 Å². The van der Waals surface area contributed by atoms with Crippen LogP contribution in [0.2, 0.25) is 0 Å². The molecule has 3 nitrogen and oxygen atoms in total. The highest BCUT2D eigenvalue weighted by atomic mass is 16.3. The van der Waals surface area contributed by atoms with Gasteiger partial charge < -0.3 is 9.52 Å². The Bertz CT molecular complexity index is 1070. The smallest absolute Gasteiger partial charge is 0.218 e. The Kier molecular flexibility index (Phi) is 3.60. The van der Waals surface area contributed by atoms with Crippen LogP contribution in [0.4, 0.5) is 5.69 Å². The van der Waals surface area contributed by atoms with Gasteiger partial charge in [-0.15, -0.1) is 0 Å². The SMILES string of the molecule is Oc1cccc([NH+]=c2cc(-c3ccccc3)oc3ccccc23)c1. The van der Waals surface area contributed by atoms with Crippen LogP contribution in [0.3, 0.4) is 0 Å². The minimum atomic E-state index is 0.230. The second-order valence-electron chi connectivity index (χ2n) is 5.56. The summed E-state index contributed by atoms with van der Waals surface area (Å²) in [5.74, 6) is 1.02. The highest BCUT2D eigenvalue weighted by molar-refractivity contribution is 5.77. The fourth-order valence-electron chi connectivity index (χ4n) is 2.72. The van der Waals surface area contributed by atoms with Gasteiger partial charge in [0.2, 0.25) is 11.0 Å². The molecule has 4 rings (SSSR count). The third kappa shape index (κ3) is 2.79. The number of nitrogens with one attached hydrogen (secondary N) is 1. The molecule has 0 amide bonds. The molecular formula is C21H16NO2+. The average Bonchev–Trinajstić information content (AvgIpc) is 2.62. The summed E-state index contributed by atoms with van der Waals surface area (Å²) in [6.07, 6.45) is 0. The maximum atomic E-state index is 9.68. The van der Waals surface area contributed by atoms with Gasteiger partial charge in [0.25, 0.3) is 0 Å². The molecule has 0 radical (unpaired) electrons. The first-order valence-electron chi connectivity index (χ1n) is 7.77. The van der Waals surface area contributed by atoms with Crippen LogP contribution in [0.25, 0.3) is 22.3 Å². The van der Waals surface area contributed by atoms with Gasteiger partial charge >= 0.3 is 0 Å². The van der Waals surface area contributed by atoms with E-state index in [0.717, 1.165) is 33.3 Å². The first kappa shape index (κ1) is 14.3. The van der Waals surface area contributed by atoms with Crippen LogP contribution in [-0.4, -0.2) is 5.11 Å². The van der Waals surface area contributed by atoms with Gasteiger partial charge in [0, 0.05) is 11.6 Å². The highest BCUT2D eigenvalue weighted by Crippen LogP contribution is 2.21. The maximum Gasteiger partial charge on any atom is 0.218 e. The van der Waals surface area contributed by atoms with E-state index < -0.39 is 0 Å². The topological polar surface area (TPSA) is 47.3 Å². The minimum Gasteiger partial charge on any atom is -0.508 e. The zero-order valence-electron chi connectivity index (χ0n) is 12.9. The van der Waals surface area contributed by atoms with E-state index in [1.807, 2.05) is 72.8 Å². The van der Waals surface area contributed by atoms with Crippen LogP contribution >= 0.6 is 0 Å². The van der Waals surface area contributed by atoms with Gasteiger partial charge in [0.05, 0.1) is 17.5 Å². The average molecular weight is 314 g/mol. The molecule has 1 aromatic heterocycles. The summed E-state index contributed by atoms with van der Waals surface area (Å²) < 4.78 is 6.06. The van der Waals surface area contributed by atoms with Gasteiger partial charge in [-0.25, -0.2) is 4.99 Å². The monoisotopic (exact) mass is 314 g/mol. The molecular weight excluding hydrogens is 298 g/mol. The summed E-state index contributed by atoms with van der Waals surface area (Å²) in [6.45, 7) is 0. The first-order valence-corrected chi connectivity index (χ1v) is 7.77. The molecule has 0 bridgehead atoms. The molecule has 116 valence electrons. The molecule has 0 unspecified atom stereocenters. The van der Waals surface area contributed by atoms with Crippen LogP contribution < -0.4 is 10.3 Å². The lowest BCUT2D eigenvalue weighted by Crippen LogP contribution is -2.70. The maximum absolute atomic E-state index is 9.68. The molecule has 0 saturated carbocycles. The van der Waals surface area contributed by atoms with E-state index in [2.05, 4.69) is 4.99 Å². The van der Waals surface area contributed by atoms with E-state index in [1.54, 1.807) is 12.1 Å². The molecule has 3 aromatic carbocycles. The fourth-order valence-corrected chi connectivity index (χ4v) is 2.72. The number of aromatic hydroxyl groups is 1. The van der Waals surface area contributed by atoms with E-state index in [-0.39, 0.29) is 5.75 Å². The quantitative estimate of drug-likeness (QED) is 0.597. The minimum absolute atomic E-state index is 0.230. The molecule has 0 saturated heterocycles. The van der Waals surface area contributed by atoms with Crippen molar-refractivity contribution in [1.29, 1.82) is 0 Å². The van der Waals surface area contributed by atoms with Crippen molar-refractivity contribution in [3.8, 4) is 17.1 Å². The second-order valence-corrected chi connectivity index (χ2v) is 5.56. The lowest BCUT2D eigenvalue weighted by atomic mass is 10.1. The van der Waals surface area contributed by atoms with Crippen LogP contribution in [0.1, 0.15) is 0 Å². The zero-order valence-corrected chi connectivity index (χ0v) is 12.9. The van der Waals surface area contributed by atoms with Gasteiger partial charge in [-0.3, -0.25) is 0 Å². The van der Waals surface area contributed by atoms with Gasteiger partial charge in [-0.05, 0) is 18.2 Å². The number of benzene rings is 3. The van der Waals surface area contributed by atoms with E-state index >= 15 is 0 Å². The van der Waals surface area contributed by atoms with Crippen LogP contribution in [0.15, 0.2) is 89.3 Å². The molecule has 2 N–H and O–H groups in total. The second kappa shape index (κ2) is 6.05. The van der Waals surface area contributed by atoms with E-state index in [1.165, 1.54) is 0 Å². The zero-order chi connectivity index (χ0) is 16.4. The number of phenols is 1. The van der Waals surface area contributed by atoms with Crippen molar-refractivity contribution in [3.63, 3.8) is 0 Å². The Morgan fingerprint density at radius 3 is 2.38 bits per heavy atom. The third-order valence-electron chi connectivity index (χ3n) is 3.86. The molecule has 0 aliphatic heterocycles. The predicted molar refractivity (Wildman–Crippen MR) is 93.5 cm³/mol. The standard InChI is InChI=1S/C21H15NO2/c23-17-10-6-9-16(13-17)22-19-14-21(15-7-2-1-3-8-15)24-20-12-5-4-11-18(19)20/h1-14,23H/p+1. The van der Waals surface area contributed by atoms with Crippen LogP contribution in [0, 0.1) is 0 Å². The number of rotatable bonds is 2. The Morgan fingerprint density at radius 1 is 0.750 bits per heavy atom. The summed E-state index contributed by atoms with van der Waals surface area (Å²) in [6, 6.07) is 27.0. The summed E-state index contributed by atoms with van der Waals surface area (Å²) >= 11 is 0. The molecule has 3 heteroatoms. The molecule has 4 aromatic rings. The molecule has 0 aliphatic rings. The normalized spacial score (nSPS) is 11.8. The molecule has 0 fully saturated rings. The number of hydrogen-bond donors (Lipinski definition) is 2. The van der Waals surface area contributed by atoms with Gasteiger partial charge in [0.15, 0.2) is 0 Å². The van der Waals surface area contributed by atoms with Gasteiger partial charge in [0.1, 0.15) is 17.1 Å². The first-order chi connectivity index (χ1) is 11.8. The predicted octanol–water partition coefficient (Wildman–Crippen LogP) is 3.12. The summed E-state index contributed by atoms with van der Waals surface area (Å²) in [7, 11) is 0. The Balaban J connectivity index is 2.00. The van der Waals surface area contributed by atoms with Crippen molar-refractivity contribution < 1.29 is 14.5 Å². The Morgan fingerprint density at radius 2 is 1.54 bits per heavy atom. The lowest BCUT2D eigenvalue weighted by Gasteiger charge is -2.02. The summed E-state index contributed by atoms with van der Waals surface area (Å²) in [4.78, 5) is 3.38. The van der Waals surface area contributed by atoms with Gasteiger partial charge in [-0.2, -0.15) is 0 Å². The third-order valence-corrected chi connectivity index (χ3v) is 3.86. The van der Waals surface area contributed by atoms with E-state index in [0.29, 0.717) is 0 Å². The number of hydrogen-bond acceptors (Lipinski definition) is 2. The Labute approximate surface area is 139 Å². The van der Waals surface area contributed by atoms with E-state index in [9.17, 15) is 5.11 Å². The van der Waals surface area contributed by atoms with Crippen LogP contribution in [-0.2, 0) is 0 Å². The summed E-state index contributed by atoms with van der Waals surface area (Å²) in [5.41, 5.74) is 2.65. The molecule has 0 spiro atoms. The van der Waals surface area contributed by atoms with Crippen molar-refractivity contribution >= 4 is 16.7 Å². The van der Waals surface area contributed by atoms with Gasteiger partial charge in [-0.1, -0.05) is 48.5 Å². The highest BCUT2D eigenvalue weighted by Gasteiger charge is 2.09. The fraction of sp³-hybridized carbons (Fsp3) is 0. The molecule has 0 atom stereocenters. The van der Waals surface area contributed by atoms with Crippen molar-refractivity contribution in [2.45, 2.75) is 0 Å². The van der Waals surface area contributed by atoms with Crippen LogP contribution in [0.5, 0.6) is 5.75 Å². The van der Waals surface area contributed by atoms with Crippen molar-refractivity contribution in [1.82, 2.24) is 0 Å². The van der Waals surface area contributed by atoms with Crippen molar-refractivity contribution in [2.75, 3.05) is 0 Å². The number of fused-ring (bicyclic) bond motifs is 1. The lowest BCUT2D eigenvalue weighted by molar-refractivity contribution is -0.400. The van der Waals surface area contributed by atoms with E-state index in [4.69, 9.17) is 4.42 Å². The molecule has 24 heavy (non-hydrogen) atoms. The largest absolute Gasteiger partial charge is 0.508 e. The molecule has 0 aliphatic carbocycles. The molecule has 1 heterocycles. The Hall–Kier alpha value is -3.33. The number of para-hydroxylation sites is 1. The van der Waals surface area contributed by atoms with Crippen molar-refractivity contribution in [3.05, 3.63) is 90.3 Å².